The maximum absolute atomic E-state index is 12.2. The number of nitrogens with one attached hydrogen (secondary N) is 1. The van der Waals surface area contributed by atoms with Gasteiger partial charge in [0.15, 0.2) is 0 Å². The van der Waals surface area contributed by atoms with Gasteiger partial charge in [-0.3, -0.25) is 10.1 Å². The molecule has 1 aromatic rings. The van der Waals surface area contributed by atoms with E-state index in [1.165, 1.54) is 25.7 Å². The van der Waals surface area contributed by atoms with Crippen molar-refractivity contribution in [3.8, 4) is 0 Å². The van der Waals surface area contributed by atoms with Gasteiger partial charge >= 0.3 is 0 Å². The molecule has 0 aromatic heterocycles. The van der Waals surface area contributed by atoms with E-state index in [9.17, 15) is 4.79 Å². The van der Waals surface area contributed by atoms with Crippen LogP contribution in [0.4, 0.5) is 0 Å². The molecule has 2 aliphatic rings. The normalized spacial score (nSPS) is 29.9. The Hall–Kier alpha value is -1.06. The lowest BCUT2D eigenvalue weighted by molar-refractivity contribution is -0.128. The molecule has 2 fully saturated rings. The number of halogens is 1. The van der Waals surface area contributed by atoms with Gasteiger partial charge in [0.2, 0.25) is 5.91 Å². The lowest BCUT2D eigenvalue weighted by Crippen LogP contribution is -2.35. The third kappa shape index (κ3) is 3.41. The van der Waals surface area contributed by atoms with Gasteiger partial charge in [-0.15, -0.1) is 0 Å². The lowest BCUT2D eigenvalue weighted by Gasteiger charge is -2.32. The van der Waals surface area contributed by atoms with E-state index in [2.05, 4.69) is 12.2 Å². The van der Waals surface area contributed by atoms with Crippen LogP contribution >= 0.6 is 11.6 Å². The summed E-state index contributed by atoms with van der Waals surface area (Å²) in [7, 11) is 0. The van der Waals surface area contributed by atoms with Gasteiger partial charge in [0, 0.05) is 11.6 Å². The van der Waals surface area contributed by atoms with Crippen LogP contribution in [0.15, 0.2) is 24.3 Å². The first-order valence-electron chi connectivity index (χ1n) is 7.92. The summed E-state index contributed by atoms with van der Waals surface area (Å²) in [6, 6.07) is 7.80. The Morgan fingerprint density at radius 1 is 1.19 bits per heavy atom. The number of nitrogens with zero attached hydrogens (tertiary/aromatic N) is 1. The second-order valence-electron chi connectivity index (χ2n) is 6.51. The zero-order chi connectivity index (χ0) is 14.8. The number of rotatable bonds is 3. The van der Waals surface area contributed by atoms with Crippen LogP contribution in [-0.2, 0) is 4.79 Å². The summed E-state index contributed by atoms with van der Waals surface area (Å²) < 4.78 is 0. The molecule has 0 radical (unpaired) electrons. The van der Waals surface area contributed by atoms with Crippen LogP contribution in [0.1, 0.15) is 44.3 Å². The summed E-state index contributed by atoms with van der Waals surface area (Å²) in [4.78, 5) is 14.2. The Morgan fingerprint density at radius 2 is 1.86 bits per heavy atom. The van der Waals surface area contributed by atoms with Gasteiger partial charge in [-0.25, -0.2) is 0 Å². The maximum Gasteiger partial charge on any atom is 0.238 e. The molecule has 1 aliphatic carbocycles. The van der Waals surface area contributed by atoms with Gasteiger partial charge in [-0.2, -0.15) is 0 Å². The number of hydrogen-bond donors (Lipinski definition) is 1. The average molecular weight is 307 g/mol. The highest BCUT2D eigenvalue weighted by Gasteiger charge is 2.33. The van der Waals surface area contributed by atoms with Gasteiger partial charge in [0.25, 0.3) is 0 Å². The molecule has 1 atom stereocenters. The van der Waals surface area contributed by atoms with Gasteiger partial charge in [-0.05, 0) is 42.4 Å². The molecular formula is C17H23ClN2O. The van der Waals surface area contributed by atoms with Crippen LogP contribution in [0.25, 0.3) is 0 Å². The molecule has 3 rings (SSSR count). The summed E-state index contributed by atoms with van der Waals surface area (Å²) in [5.41, 5.74) is 1.12. The Balaban J connectivity index is 1.69. The van der Waals surface area contributed by atoms with E-state index < -0.39 is 0 Å². The third-order valence-electron chi connectivity index (χ3n) is 4.85. The molecular weight excluding hydrogens is 284 g/mol. The summed E-state index contributed by atoms with van der Waals surface area (Å²) in [5.74, 6) is 1.72. The predicted octanol–water partition coefficient (Wildman–Crippen LogP) is 3.60. The van der Waals surface area contributed by atoms with E-state index in [1.807, 2.05) is 29.2 Å². The Morgan fingerprint density at radius 3 is 2.52 bits per heavy atom. The fraction of sp³-hybridized carbons (Fsp3) is 0.588. The maximum atomic E-state index is 12.2. The van der Waals surface area contributed by atoms with Gasteiger partial charge < -0.3 is 4.90 Å². The van der Waals surface area contributed by atoms with Crippen molar-refractivity contribution in [3.05, 3.63) is 34.9 Å². The molecule has 3 nitrogen and oxygen atoms in total. The van der Waals surface area contributed by atoms with Crippen molar-refractivity contribution in [2.24, 2.45) is 11.8 Å². The molecule has 1 aliphatic heterocycles. The van der Waals surface area contributed by atoms with E-state index in [4.69, 9.17) is 11.6 Å². The Kier molecular flexibility index (Phi) is 4.51. The molecule has 1 saturated carbocycles. The van der Waals surface area contributed by atoms with Crippen molar-refractivity contribution in [3.63, 3.8) is 0 Å². The van der Waals surface area contributed by atoms with Crippen molar-refractivity contribution < 1.29 is 4.79 Å². The topological polar surface area (TPSA) is 32.3 Å². The smallest absolute Gasteiger partial charge is 0.238 e. The standard InChI is InChI=1S/C17H23ClN2O/c1-12-2-4-13(5-3-12)11-20-16(21)10-19-17(20)14-6-8-15(18)9-7-14/h6-9,12-13,17,19H,2-5,10-11H2,1H3. The number of carbonyl (C=O) groups excluding carboxylic acids is 1. The zero-order valence-corrected chi connectivity index (χ0v) is 13.3. The second-order valence-corrected chi connectivity index (χ2v) is 6.94. The Bertz CT molecular complexity index is 494. The first-order chi connectivity index (χ1) is 10.1. The van der Waals surface area contributed by atoms with Crippen LogP contribution in [-0.4, -0.2) is 23.9 Å². The van der Waals surface area contributed by atoms with Crippen LogP contribution < -0.4 is 5.32 Å². The van der Waals surface area contributed by atoms with Crippen molar-refractivity contribution in [1.82, 2.24) is 10.2 Å². The van der Waals surface area contributed by atoms with E-state index in [1.54, 1.807) is 0 Å². The quantitative estimate of drug-likeness (QED) is 0.925. The monoisotopic (exact) mass is 306 g/mol. The molecule has 1 amide bonds. The van der Waals surface area contributed by atoms with E-state index >= 15 is 0 Å². The van der Waals surface area contributed by atoms with Crippen molar-refractivity contribution in [2.75, 3.05) is 13.1 Å². The van der Waals surface area contributed by atoms with Crippen molar-refractivity contribution in [1.29, 1.82) is 0 Å². The van der Waals surface area contributed by atoms with Crippen LogP contribution in [0, 0.1) is 11.8 Å². The fourth-order valence-corrected chi connectivity index (χ4v) is 3.61. The first-order valence-corrected chi connectivity index (χ1v) is 8.29. The van der Waals surface area contributed by atoms with Crippen LogP contribution in [0.2, 0.25) is 5.02 Å². The van der Waals surface area contributed by atoms with Crippen molar-refractivity contribution in [2.45, 2.75) is 38.8 Å². The van der Waals surface area contributed by atoms with Crippen molar-refractivity contribution >= 4 is 17.5 Å². The highest BCUT2D eigenvalue weighted by Crippen LogP contribution is 2.32. The minimum absolute atomic E-state index is 0.00844. The number of benzene rings is 1. The number of amides is 1. The third-order valence-corrected chi connectivity index (χ3v) is 5.11. The molecule has 21 heavy (non-hydrogen) atoms. The molecule has 4 heteroatoms. The first kappa shape index (κ1) is 14.9. The minimum Gasteiger partial charge on any atom is -0.322 e. The van der Waals surface area contributed by atoms with E-state index in [0.29, 0.717) is 12.5 Å². The summed E-state index contributed by atoms with van der Waals surface area (Å²) >= 11 is 5.95. The Labute approximate surface area is 131 Å². The van der Waals surface area contributed by atoms with Crippen LogP contribution in [0.3, 0.4) is 0 Å². The lowest BCUT2D eigenvalue weighted by atomic mass is 9.82. The largest absolute Gasteiger partial charge is 0.322 e. The second kappa shape index (κ2) is 6.37. The molecule has 0 bridgehead atoms. The molecule has 1 heterocycles. The summed E-state index contributed by atoms with van der Waals surface area (Å²) in [6.45, 7) is 3.65. The molecule has 1 saturated heterocycles. The number of hydrogen-bond acceptors (Lipinski definition) is 2. The van der Waals surface area contributed by atoms with E-state index in [-0.39, 0.29) is 12.1 Å². The van der Waals surface area contributed by atoms with Crippen LogP contribution in [0.5, 0.6) is 0 Å². The molecule has 1 N–H and O–H groups in total. The van der Waals surface area contributed by atoms with E-state index in [0.717, 1.165) is 23.0 Å². The van der Waals surface area contributed by atoms with Gasteiger partial charge in [0.05, 0.1) is 6.54 Å². The zero-order valence-electron chi connectivity index (χ0n) is 12.5. The molecule has 114 valence electrons. The SMILES string of the molecule is CC1CCC(CN2C(=O)CNC2c2ccc(Cl)cc2)CC1. The summed E-state index contributed by atoms with van der Waals surface area (Å²) in [5, 5.41) is 4.06. The van der Waals surface area contributed by atoms with Gasteiger partial charge in [0.1, 0.15) is 6.17 Å². The van der Waals surface area contributed by atoms with Gasteiger partial charge in [-0.1, -0.05) is 43.5 Å². The highest BCUT2D eigenvalue weighted by atomic mass is 35.5. The highest BCUT2D eigenvalue weighted by molar-refractivity contribution is 6.30. The summed E-state index contributed by atoms with van der Waals surface area (Å²) in [6.07, 6.45) is 5.10. The fourth-order valence-electron chi connectivity index (χ4n) is 3.48. The molecule has 1 unspecified atom stereocenters. The number of carbonyl (C=O) groups is 1. The predicted molar refractivity (Wildman–Crippen MR) is 85.0 cm³/mol. The average Bonchev–Trinajstić information content (AvgIpc) is 2.84. The molecule has 1 aromatic carbocycles. The minimum atomic E-state index is 0.00844. The molecule has 0 spiro atoms.